The number of hydrogen-bond acceptors (Lipinski definition) is 3. The van der Waals surface area contributed by atoms with Gasteiger partial charge >= 0.3 is 0 Å². The maximum atomic E-state index is 5.41. The molecule has 0 aliphatic heterocycles. The Labute approximate surface area is 80.0 Å². The molecule has 0 rings (SSSR count). The largest absolute Gasteiger partial charge is 0.271 e. The van der Waals surface area contributed by atoms with Crippen molar-refractivity contribution in [2.45, 2.75) is 32.7 Å². The molecule has 0 aliphatic carbocycles. The van der Waals surface area contributed by atoms with E-state index in [1.54, 1.807) is 0 Å². The molecular weight excluding hydrogens is 168 g/mol. The zero-order chi connectivity index (χ0) is 9.40. The molecule has 1 atom stereocenters. The second-order valence-electron chi connectivity index (χ2n) is 2.83. The number of rotatable bonds is 7. The van der Waals surface area contributed by atoms with Gasteiger partial charge in [-0.1, -0.05) is 26.0 Å². The predicted octanol–water partition coefficient (Wildman–Crippen LogP) is 1.93. The lowest BCUT2D eigenvalue weighted by molar-refractivity contribution is 0.568. The van der Waals surface area contributed by atoms with Gasteiger partial charge in [0.1, 0.15) is 0 Å². The van der Waals surface area contributed by atoms with Gasteiger partial charge in [-0.15, -0.1) is 0 Å². The smallest absolute Gasteiger partial charge is 0.0338 e. The topological polar surface area (TPSA) is 38.0 Å². The van der Waals surface area contributed by atoms with Crippen molar-refractivity contribution < 1.29 is 0 Å². The first-order chi connectivity index (χ1) is 5.74. The van der Waals surface area contributed by atoms with Gasteiger partial charge in [-0.05, 0) is 18.6 Å². The van der Waals surface area contributed by atoms with Crippen LogP contribution in [0.3, 0.4) is 0 Å². The van der Waals surface area contributed by atoms with Crippen LogP contribution in [0.25, 0.3) is 0 Å². The highest BCUT2D eigenvalue weighted by Crippen LogP contribution is 2.11. The molecule has 0 saturated heterocycles. The highest BCUT2D eigenvalue weighted by atomic mass is 32.2. The molecule has 0 fully saturated rings. The van der Waals surface area contributed by atoms with E-state index in [-0.39, 0.29) is 0 Å². The SMILES string of the molecule is C=C(CC)CC(CSCC)NN. The standard InChI is InChI=1S/C9H20N2S/c1-4-8(3)6-9(11-10)7-12-5-2/h9,11H,3-7,10H2,1-2H3. The van der Waals surface area contributed by atoms with Gasteiger partial charge < -0.3 is 0 Å². The molecule has 0 saturated carbocycles. The van der Waals surface area contributed by atoms with Gasteiger partial charge in [-0.3, -0.25) is 11.3 Å². The molecular formula is C9H20N2S. The molecule has 12 heavy (non-hydrogen) atoms. The summed E-state index contributed by atoms with van der Waals surface area (Å²) in [7, 11) is 0. The van der Waals surface area contributed by atoms with Crippen LogP contribution in [0.4, 0.5) is 0 Å². The third kappa shape index (κ3) is 5.63. The van der Waals surface area contributed by atoms with Crippen molar-refractivity contribution in [2.24, 2.45) is 5.84 Å². The Balaban J connectivity index is 3.59. The Morgan fingerprint density at radius 1 is 1.58 bits per heavy atom. The fourth-order valence-electron chi connectivity index (χ4n) is 0.919. The first kappa shape index (κ1) is 12.0. The molecule has 0 aliphatic rings. The minimum Gasteiger partial charge on any atom is -0.271 e. The number of nitrogens with two attached hydrogens (primary N) is 1. The van der Waals surface area contributed by atoms with Crippen LogP contribution in [0.5, 0.6) is 0 Å². The van der Waals surface area contributed by atoms with Crippen LogP contribution >= 0.6 is 11.8 Å². The summed E-state index contributed by atoms with van der Waals surface area (Å²) in [6.45, 7) is 8.25. The summed E-state index contributed by atoms with van der Waals surface area (Å²) < 4.78 is 0. The molecule has 72 valence electrons. The molecule has 0 aromatic carbocycles. The maximum absolute atomic E-state index is 5.41. The van der Waals surface area contributed by atoms with Gasteiger partial charge in [0.25, 0.3) is 0 Å². The highest BCUT2D eigenvalue weighted by Gasteiger charge is 2.06. The summed E-state index contributed by atoms with van der Waals surface area (Å²) in [5.74, 6) is 7.64. The van der Waals surface area contributed by atoms with E-state index in [1.165, 1.54) is 5.57 Å². The molecule has 0 radical (unpaired) electrons. The van der Waals surface area contributed by atoms with Crippen LogP contribution in [0.15, 0.2) is 12.2 Å². The van der Waals surface area contributed by atoms with E-state index >= 15 is 0 Å². The third-order valence-corrected chi connectivity index (χ3v) is 2.84. The monoisotopic (exact) mass is 188 g/mol. The Kier molecular flexibility index (Phi) is 7.65. The van der Waals surface area contributed by atoms with E-state index in [9.17, 15) is 0 Å². The average Bonchev–Trinajstić information content (AvgIpc) is 2.11. The zero-order valence-electron chi connectivity index (χ0n) is 8.10. The maximum Gasteiger partial charge on any atom is 0.0338 e. The Morgan fingerprint density at radius 2 is 2.25 bits per heavy atom. The normalized spacial score (nSPS) is 12.9. The molecule has 3 heteroatoms. The fraction of sp³-hybridized carbons (Fsp3) is 0.778. The van der Waals surface area contributed by atoms with E-state index in [0.717, 1.165) is 24.3 Å². The Hall–Kier alpha value is 0.01000. The summed E-state index contributed by atoms with van der Waals surface area (Å²) in [5, 5.41) is 0. The first-order valence-corrected chi connectivity index (χ1v) is 5.60. The number of hydrogen-bond donors (Lipinski definition) is 2. The lowest BCUT2D eigenvalue weighted by atomic mass is 10.1. The zero-order valence-corrected chi connectivity index (χ0v) is 8.91. The summed E-state index contributed by atoms with van der Waals surface area (Å²) in [4.78, 5) is 0. The van der Waals surface area contributed by atoms with Crippen LogP contribution in [0, 0.1) is 0 Å². The lowest BCUT2D eigenvalue weighted by Crippen LogP contribution is -2.37. The molecule has 0 amide bonds. The number of hydrazine groups is 1. The van der Waals surface area contributed by atoms with E-state index in [1.807, 2.05) is 11.8 Å². The van der Waals surface area contributed by atoms with Gasteiger partial charge in [0.2, 0.25) is 0 Å². The Bertz CT molecular complexity index is 126. The predicted molar refractivity (Wildman–Crippen MR) is 58.2 cm³/mol. The quantitative estimate of drug-likeness (QED) is 0.364. The average molecular weight is 188 g/mol. The molecule has 3 N–H and O–H groups in total. The lowest BCUT2D eigenvalue weighted by Gasteiger charge is -2.15. The van der Waals surface area contributed by atoms with E-state index in [0.29, 0.717) is 6.04 Å². The van der Waals surface area contributed by atoms with Gasteiger partial charge in [0.05, 0.1) is 0 Å². The van der Waals surface area contributed by atoms with E-state index in [4.69, 9.17) is 5.84 Å². The number of nitrogens with one attached hydrogen (secondary N) is 1. The van der Waals surface area contributed by atoms with Crippen molar-refractivity contribution in [3.63, 3.8) is 0 Å². The van der Waals surface area contributed by atoms with Gasteiger partial charge in [-0.2, -0.15) is 11.8 Å². The molecule has 0 spiro atoms. The van der Waals surface area contributed by atoms with E-state index < -0.39 is 0 Å². The molecule has 0 heterocycles. The van der Waals surface area contributed by atoms with Crippen LogP contribution in [0.1, 0.15) is 26.7 Å². The molecule has 0 aromatic heterocycles. The summed E-state index contributed by atoms with van der Waals surface area (Å²) in [5.41, 5.74) is 4.09. The van der Waals surface area contributed by atoms with Crippen LogP contribution < -0.4 is 11.3 Å². The highest BCUT2D eigenvalue weighted by molar-refractivity contribution is 7.99. The first-order valence-electron chi connectivity index (χ1n) is 4.45. The van der Waals surface area contributed by atoms with Crippen molar-refractivity contribution in [3.8, 4) is 0 Å². The molecule has 2 nitrogen and oxygen atoms in total. The summed E-state index contributed by atoms with van der Waals surface area (Å²) in [6.07, 6.45) is 2.05. The number of thioether (sulfide) groups is 1. The van der Waals surface area contributed by atoms with Crippen molar-refractivity contribution in [1.29, 1.82) is 0 Å². The van der Waals surface area contributed by atoms with Crippen molar-refractivity contribution in [2.75, 3.05) is 11.5 Å². The van der Waals surface area contributed by atoms with Crippen molar-refractivity contribution in [1.82, 2.24) is 5.43 Å². The van der Waals surface area contributed by atoms with Crippen LogP contribution in [-0.2, 0) is 0 Å². The molecule has 0 aromatic rings. The molecule has 0 bridgehead atoms. The van der Waals surface area contributed by atoms with E-state index in [2.05, 4.69) is 25.9 Å². The minimum atomic E-state index is 0.391. The second-order valence-corrected chi connectivity index (χ2v) is 4.15. The fourth-order valence-corrected chi connectivity index (χ4v) is 1.65. The summed E-state index contributed by atoms with van der Waals surface area (Å²) in [6, 6.07) is 0.391. The van der Waals surface area contributed by atoms with Gasteiger partial charge in [0.15, 0.2) is 0 Å². The van der Waals surface area contributed by atoms with Crippen LogP contribution in [-0.4, -0.2) is 17.5 Å². The van der Waals surface area contributed by atoms with Gasteiger partial charge in [-0.25, -0.2) is 0 Å². The Morgan fingerprint density at radius 3 is 2.67 bits per heavy atom. The third-order valence-electron chi connectivity index (χ3n) is 1.79. The van der Waals surface area contributed by atoms with Crippen LogP contribution in [0.2, 0.25) is 0 Å². The molecule has 1 unspecified atom stereocenters. The van der Waals surface area contributed by atoms with Crippen molar-refractivity contribution in [3.05, 3.63) is 12.2 Å². The van der Waals surface area contributed by atoms with Crippen molar-refractivity contribution >= 4 is 11.8 Å². The minimum absolute atomic E-state index is 0.391. The van der Waals surface area contributed by atoms with Gasteiger partial charge in [0, 0.05) is 11.8 Å². The second kappa shape index (κ2) is 7.65. The summed E-state index contributed by atoms with van der Waals surface area (Å²) >= 11 is 1.91.